The quantitative estimate of drug-likeness (QED) is 0.787. The maximum Gasteiger partial charge on any atom is 0.227 e. The van der Waals surface area contributed by atoms with Gasteiger partial charge in [-0.15, -0.1) is 0 Å². The Balaban J connectivity index is 1.48. The third kappa shape index (κ3) is 5.18. The molecular formula is C23H29N3O2. The number of nitrogens with one attached hydrogen (secondary N) is 2. The highest BCUT2D eigenvalue weighted by Gasteiger charge is 2.30. The van der Waals surface area contributed by atoms with Crippen molar-refractivity contribution >= 4 is 17.5 Å². The van der Waals surface area contributed by atoms with E-state index in [0.29, 0.717) is 12.5 Å². The monoisotopic (exact) mass is 379 g/mol. The van der Waals surface area contributed by atoms with Gasteiger partial charge in [0.15, 0.2) is 0 Å². The molecule has 1 aromatic heterocycles. The molecule has 0 bridgehead atoms. The van der Waals surface area contributed by atoms with Crippen molar-refractivity contribution in [2.75, 3.05) is 5.32 Å². The van der Waals surface area contributed by atoms with E-state index in [1.165, 1.54) is 0 Å². The standard InChI is InChI=1S/C23H29N3O2/c1-16(2)20-5-3-4-6-21(20)26-23(28)19-9-7-18(8-10-19)22(27)25-15-17-11-13-24-14-12-17/h3-6,11-14,16,18-19H,7-10,15H2,1-2H3,(H,25,27)(H,26,28). The molecule has 3 rings (SSSR count). The molecule has 0 saturated heterocycles. The molecule has 28 heavy (non-hydrogen) atoms. The number of anilines is 1. The van der Waals surface area contributed by atoms with E-state index in [1.807, 2.05) is 30.3 Å². The van der Waals surface area contributed by atoms with Crippen LogP contribution in [0.25, 0.3) is 0 Å². The Morgan fingerprint density at radius 2 is 1.57 bits per heavy atom. The van der Waals surface area contributed by atoms with Gasteiger partial charge >= 0.3 is 0 Å². The summed E-state index contributed by atoms with van der Waals surface area (Å²) >= 11 is 0. The van der Waals surface area contributed by atoms with Crippen LogP contribution in [0.4, 0.5) is 5.69 Å². The zero-order chi connectivity index (χ0) is 19.9. The molecule has 1 fully saturated rings. The predicted octanol–water partition coefficient (Wildman–Crippen LogP) is 4.27. The molecule has 1 aromatic carbocycles. The van der Waals surface area contributed by atoms with Gasteiger partial charge < -0.3 is 10.6 Å². The van der Waals surface area contributed by atoms with E-state index in [4.69, 9.17) is 0 Å². The highest BCUT2D eigenvalue weighted by molar-refractivity contribution is 5.93. The van der Waals surface area contributed by atoms with Gasteiger partial charge in [-0.3, -0.25) is 14.6 Å². The summed E-state index contributed by atoms with van der Waals surface area (Å²) in [6.07, 6.45) is 6.47. The van der Waals surface area contributed by atoms with Gasteiger partial charge in [0.25, 0.3) is 0 Å². The summed E-state index contributed by atoms with van der Waals surface area (Å²) in [5, 5.41) is 6.11. The predicted molar refractivity (Wildman–Crippen MR) is 111 cm³/mol. The number of nitrogens with zero attached hydrogens (tertiary/aromatic N) is 1. The smallest absolute Gasteiger partial charge is 0.227 e. The van der Waals surface area contributed by atoms with E-state index in [9.17, 15) is 9.59 Å². The normalized spacial score (nSPS) is 19.2. The molecule has 1 aliphatic carbocycles. The van der Waals surface area contributed by atoms with Crippen molar-refractivity contribution in [3.05, 3.63) is 59.9 Å². The summed E-state index contributed by atoms with van der Waals surface area (Å²) in [4.78, 5) is 29.1. The van der Waals surface area contributed by atoms with Crippen molar-refractivity contribution < 1.29 is 9.59 Å². The Morgan fingerprint density at radius 1 is 0.964 bits per heavy atom. The fraction of sp³-hybridized carbons (Fsp3) is 0.435. The summed E-state index contributed by atoms with van der Waals surface area (Å²) in [6, 6.07) is 11.8. The minimum Gasteiger partial charge on any atom is -0.352 e. The van der Waals surface area contributed by atoms with Crippen LogP contribution >= 0.6 is 0 Å². The number of benzene rings is 1. The zero-order valence-corrected chi connectivity index (χ0v) is 16.7. The third-order valence-corrected chi connectivity index (χ3v) is 5.53. The van der Waals surface area contributed by atoms with Crippen molar-refractivity contribution in [1.29, 1.82) is 0 Å². The van der Waals surface area contributed by atoms with Crippen molar-refractivity contribution in [3.63, 3.8) is 0 Å². The molecule has 0 aliphatic heterocycles. The Kier molecular flexibility index (Phi) is 6.80. The van der Waals surface area contributed by atoms with E-state index < -0.39 is 0 Å². The average molecular weight is 380 g/mol. The fourth-order valence-corrected chi connectivity index (χ4v) is 3.80. The third-order valence-electron chi connectivity index (χ3n) is 5.53. The first-order valence-electron chi connectivity index (χ1n) is 10.1. The second kappa shape index (κ2) is 9.49. The average Bonchev–Trinajstić information content (AvgIpc) is 2.73. The van der Waals surface area contributed by atoms with Crippen LogP contribution < -0.4 is 10.6 Å². The molecule has 0 unspecified atom stereocenters. The largest absolute Gasteiger partial charge is 0.352 e. The molecule has 5 heteroatoms. The topological polar surface area (TPSA) is 71.1 Å². The lowest BCUT2D eigenvalue weighted by molar-refractivity contribution is -0.128. The number of aromatic nitrogens is 1. The summed E-state index contributed by atoms with van der Waals surface area (Å²) < 4.78 is 0. The molecule has 0 atom stereocenters. The number of amides is 2. The summed E-state index contributed by atoms with van der Waals surface area (Å²) in [6.45, 7) is 4.77. The van der Waals surface area contributed by atoms with Gasteiger partial charge in [-0.25, -0.2) is 0 Å². The fourth-order valence-electron chi connectivity index (χ4n) is 3.80. The Morgan fingerprint density at radius 3 is 2.21 bits per heavy atom. The van der Waals surface area contributed by atoms with Crippen LogP contribution in [-0.4, -0.2) is 16.8 Å². The molecule has 2 N–H and O–H groups in total. The van der Waals surface area contributed by atoms with Gasteiger partial charge in [0.05, 0.1) is 0 Å². The molecule has 0 radical (unpaired) electrons. The maximum atomic E-state index is 12.7. The number of pyridine rings is 1. The van der Waals surface area contributed by atoms with E-state index in [-0.39, 0.29) is 23.7 Å². The van der Waals surface area contributed by atoms with Crippen LogP contribution in [0.5, 0.6) is 0 Å². The zero-order valence-electron chi connectivity index (χ0n) is 16.7. The molecule has 1 saturated carbocycles. The molecule has 0 spiro atoms. The van der Waals surface area contributed by atoms with Crippen LogP contribution in [0.3, 0.4) is 0 Å². The van der Waals surface area contributed by atoms with Crippen molar-refractivity contribution in [2.45, 2.75) is 52.0 Å². The second-order valence-corrected chi connectivity index (χ2v) is 7.85. The minimum atomic E-state index is -0.0236. The highest BCUT2D eigenvalue weighted by atomic mass is 16.2. The number of hydrogen-bond acceptors (Lipinski definition) is 3. The molecule has 5 nitrogen and oxygen atoms in total. The van der Waals surface area contributed by atoms with Crippen LogP contribution in [0.1, 0.15) is 56.6 Å². The van der Waals surface area contributed by atoms with E-state index in [1.54, 1.807) is 12.4 Å². The van der Waals surface area contributed by atoms with Gasteiger partial charge in [-0.1, -0.05) is 32.0 Å². The molecule has 2 amide bonds. The van der Waals surface area contributed by atoms with E-state index >= 15 is 0 Å². The van der Waals surface area contributed by atoms with Crippen molar-refractivity contribution in [2.24, 2.45) is 11.8 Å². The summed E-state index contributed by atoms with van der Waals surface area (Å²) in [5.74, 6) is 0.485. The lowest BCUT2D eigenvalue weighted by Gasteiger charge is -2.27. The van der Waals surface area contributed by atoms with Gasteiger partial charge in [-0.05, 0) is 60.9 Å². The molecular weight excluding hydrogens is 350 g/mol. The van der Waals surface area contributed by atoms with E-state index in [2.05, 4.69) is 35.5 Å². The number of carbonyl (C=O) groups is 2. The van der Waals surface area contributed by atoms with E-state index in [0.717, 1.165) is 42.5 Å². The Hall–Kier alpha value is -2.69. The molecule has 148 valence electrons. The second-order valence-electron chi connectivity index (χ2n) is 7.85. The number of hydrogen-bond donors (Lipinski definition) is 2. The summed E-state index contributed by atoms with van der Waals surface area (Å²) in [5.41, 5.74) is 3.10. The SMILES string of the molecule is CC(C)c1ccccc1NC(=O)C1CCC(C(=O)NCc2ccncc2)CC1. The first kappa shape index (κ1) is 20.1. The van der Waals surface area contributed by atoms with Crippen LogP contribution in [0.2, 0.25) is 0 Å². The highest BCUT2D eigenvalue weighted by Crippen LogP contribution is 2.31. The Bertz CT molecular complexity index is 797. The lowest BCUT2D eigenvalue weighted by Crippen LogP contribution is -2.35. The van der Waals surface area contributed by atoms with Gasteiger partial charge in [0.1, 0.15) is 0 Å². The molecule has 2 aromatic rings. The number of carbonyl (C=O) groups excluding carboxylic acids is 2. The number of para-hydroxylation sites is 1. The summed E-state index contributed by atoms with van der Waals surface area (Å²) in [7, 11) is 0. The first-order valence-corrected chi connectivity index (χ1v) is 10.1. The van der Waals surface area contributed by atoms with Gasteiger partial charge in [-0.2, -0.15) is 0 Å². The molecule has 1 heterocycles. The first-order chi connectivity index (χ1) is 13.5. The van der Waals surface area contributed by atoms with Crippen LogP contribution in [-0.2, 0) is 16.1 Å². The van der Waals surface area contributed by atoms with Gasteiger partial charge in [0, 0.05) is 36.5 Å². The minimum absolute atomic E-state index is 0.00571. The maximum absolute atomic E-state index is 12.7. The number of rotatable bonds is 6. The van der Waals surface area contributed by atoms with Crippen LogP contribution in [0, 0.1) is 11.8 Å². The Labute approximate surface area is 167 Å². The van der Waals surface area contributed by atoms with Crippen molar-refractivity contribution in [1.82, 2.24) is 10.3 Å². The lowest BCUT2D eigenvalue weighted by atomic mass is 9.81. The van der Waals surface area contributed by atoms with Crippen molar-refractivity contribution in [3.8, 4) is 0 Å². The van der Waals surface area contributed by atoms with Crippen LogP contribution in [0.15, 0.2) is 48.8 Å². The van der Waals surface area contributed by atoms with Gasteiger partial charge in [0.2, 0.25) is 11.8 Å². The molecule has 1 aliphatic rings.